The number of halogens is 6. The van der Waals surface area contributed by atoms with Gasteiger partial charge in [-0.15, -0.1) is 0 Å². The molecule has 33 heavy (non-hydrogen) atoms. The first-order valence-corrected chi connectivity index (χ1v) is 9.80. The van der Waals surface area contributed by atoms with Gasteiger partial charge in [-0.05, 0) is 48.0 Å². The predicted octanol–water partition coefficient (Wildman–Crippen LogP) is 6.70. The summed E-state index contributed by atoms with van der Waals surface area (Å²) in [4.78, 5) is 15.9. The van der Waals surface area contributed by atoms with Crippen LogP contribution in [0.1, 0.15) is 16.7 Å². The van der Waals surface area contributed by atoms with Crippen LogP contribution in [0.5, 0.6) is 0 Å². The second kappa shape index (κ2) is 9.17. The molecule has 0 aliphatic heterocycles. The van der Waals surface area contributed by atoms with Gasteiger partial charge in [0.2, 0.25) is 5.91 Å². The fraction of sp³-hybridized carbons (Fsp3) is 0.208. The molecule has 1 amide bonds. The van der Waals surface area contributed by atoms with Gasteiger partial charge in [0, 0.05) is 19.8 Å². The van der Waals surface area contributed by atoms with Gasteiger partial charge in [-0.25, -0.2) is 0 Å². The summed E-state index contributed by atoms with van der Waals surface area (Å²) in [5.41, 5.74) is -1.35. The Morgan fingerprint density at radius 3 is 1.73 bits per heavy atom. The second-order valence-corrected chi connectivity index (χ2v) is 7.43. The zero-order valence-corrected chi connectivity index (χ0v) is 17.7. The van der Waals surface area contributed by atoms with E-state index in [1.165, 1.54) is 11.9 Å². The Hall–Kier alpha value is -3.49. The minimum absolute atomic E-state index is 0.0435. The highest BCUT2D eigenvalue weighted by molar-refractivity contribution is 5.98. The maximum Gasteiger partial charge on any atom is 0.416 e. The van der Waals surface area contributed by atoms with E-state index < -0.39 is 35.8 Å². The summed E-state index contributed by atoms with van der Waals surface area (Å²) in [5.74, 6) is -0.656. The topological polar surface area (TPSA) is 23.6 Å². The number of alkyl halides is 6. The predicted molar refractivity (Wildman–Crippen MR) is 115 cm³/mol. The minimum Gasteiger partial charge on any atom is -0.343 e. The number of nitrogens with zero attached hydrogens (tertiary/aromatic N) is 2. The average Bonchev–Trinajstić information content (AvgIpc) is 2.77. The van der Waals surface area contributed by atoms with E-state index in [0.717, 1.165) is 5.69 Å². The van der Waals surface area contributed by atoms with Crippen molar-refractivity contribution in [2.24, 2.45) is 0 Å². The number of hydrogen-bond acceptors (Lipinski definition) is 2. The highest BCUT2D eigenvalue weighted by atomic mass is 19.4. The zero-order chi connectivity index (χ0) is 24.4. The Balaban J connectivity index is 1.92. The molecule has 3 nitrogen and oxygen atoms in total. The van der Waals surface area contributed by atoms with Crippen LogP contribution in [0.25, 0.3) is 0 Å². The summed E-state index contributed by atoms with van der Waals surface area (Å²) in [6, 6.07) is 17.3. The smallest absolute Gasteiger partial charge is 0.343 e. The van der Waals surface area contributed by atoms with Crippen molar-refractivity contribution in [2.75, 3.05) is 23.9 Å². The number of para-hydroxylation sites is 3. The van der Waals surface area contributed by atoms with Gasteiger partial charge in [0.1, 0.15) is 0 Å². The molecular weight excluding hydrogens is 446 g/mol. The molecule has 0 fully saturated rings. The number of rotatable bonds is 5. The van der Waals surface area contributed by atoms with Crippen LogP contribution in [0.15, 0.2) is 72.8 Å². The maximum atomic E-state index is 13.1. The molecule has 0 bridgehead atoms. The third-order valence-corrected chi connectivity index (χ3v) is 5.12. The Labute approximate surface area is 186 Å². The van der Waals surface area contributed by atoms with Crippen LogP contribution in [0, 0.1) is 0 Å². The standard InChI is InChI=1S/C24H20F6N2O/c1-31(19-8-4-3-5-9-19)20-10-6-7-11-21(20)32(2)22(33)14-16-12-17(23(25,26)27)15-18(13-16)24(28,29)30/h3-13,15H,14H2,1-2H3. The third kappa shape index (κ3) is 5.66. The number of carbonyl (C=O) groups is 1. The first-order chi connectivity index (χ1) is 15.4. The summed E-state index contributed by atoms with van der Waals surface area (Å²) in [5, 5.41) is 0. The van der Waals surface area contributed by atoms with Crippen LogP contribution in [-0.4, -0.2) is 20.0 Å². The number of likely N-dealkylation sites (N-methyl/N-ethyl adjacent to an activating group) is 1. The lowest BCUT2D eigenvalue weighted by atomic mass is 10.0. The molecule has 0 saturated heterocycles. The van der Waals surface area contributed by atoms with Crippen molar-refractivity contribution in [1.29, 1.82) is 0 Å². The van der Waals surface area contributed by atoms with Crippen LogP contribution in [0.4, 0.5) is 43.4 Å². The van der Waals surface area contributed by atoms with E-state index in [2.05, 4.69) is 0 Å². The molecule has 0 atom stereocenters. The van der Waals surface area contributed by atoms with Gasteiger partial charge in [0.05, 0.1) is 28.9 Å². The maximum absolute atomic E-state index is 13.1. The van der Waals surface area contributed by atoms with E-state index in [1.807, 2.05) is 35.2 Å². The molecule has 0 unspecified atom stereocenters. The van der Waals surface area contributed by atoms with Crippen molar-refractivity contribution in [3.05, 3.63) is 89.5 Å². The van der Waals surface area contributed by atoms with E-state index >= 15 is 0 Å². The summed E-state index contributed by atoms with van der Waals surface area (Å²) in [6.07, 6.45) is -10.6. The highest BCUT2D eigenvalue weighted by Crippen LogP contribution is 2.37. The first-order valence-electron chi connectivity index (χ1n) is 9.80. The van der Waals surface area contributed by atoms with Gasteiger partial charge >= 0.3 is 12.4 Å². The molecule has 0 aliphatic carbocycles. The molecule has 0 aliphatic rings. The average molecular weight is 466 g/mol. The monoisotopic (exact) mass is 466 g/mol. The Bertz CT molecular complexity index is 1090. The SMILES string of the molecule is CN(C(=O)Cc1cc(C(F)(F)F)cc(C(F)(F)F)c1)c1ccccc1N(C)c1ccccc1. The third-order valence-electron chi connectivity index (χ3n) is 5.12. The summed E-state index contributed by atoms with van der Waals surface area (Å²) in [7, 11) is 3.22. The molecule has 3 rings (SSSR count). The van der Waals surface area contributed by atoms with Gasteiger partial charge in [0.25, 0.3) is 0 Å². The van der Waals surface area contributed by atoms with Crippen LogP contribution >= 0.6 is 0 Å². The number of benzene rings is 3. The van der Waals surface area contributed by atoms with Gasteiger partial charge in [0.15, 0.2) is 0 Å². The van der Waals surface area contributed by atoms with Crippen molar-refractivity contribution in [2.45, 2.75) is 18.8 Å². The fourth-order valence-corrected chi connectivity index (χ4v) is 3.37. The molecule has 0 spiro atoms. The van der Waals surface area contributed by atoms with Crippen LogP contribution < -0.4 is 9.80 Å². The number of carbonyl (C=O) groups excluding carboxylic acids is 1. The quantitative estimate of drug-likeness (QED) is 0.391. The summed E-state index contributed by atoms with van der Waals surface area (Å²) in [6.45, 7) is 0. The van der Waals surface area contributed by atoms with Gasteiger partial charge in [-0.1, -0.05) is 30.3 Å². The van der Waals surface area contributed by atoms with Crippen molar-refractivity contribution in [3.8, 4) is 0 Å². The van der Waals surface area contributed by atoms with Crippen LogP contribution in [0.3, 0.4) is 0 Å². The molecule has 174 valence electrons. The Kier molecular flexibility index (Phi) is 6.71. The second-order valence-electron chi connectivity index (χ2n) is 7.43. The van der Waals surface area contributed by atoms with Crippen molar-refractivity contribution in [3.63, 3.8) is 0 Å². The lowest BCUT2D eigenvalue weighted by Gasteiger charge is -2.27. The number of amides is 1. The molecule has 0 saturated carbocycles. The van der Waals surface area contributed by atoms with Crippen LogP contribution in [-0.2, 0) is 23.6 Å². The molecule has 0 N–H and O–H groups in total. The van der Waals surface area contributed by atoms with E-state index in [1.54, 1.807) is 31.3 Å². The van der Waals surface area contributed by atoms with Gasteiger partial charge in [-0.2, -0.15) is 26.3 Å². The molecule has 9 heteroatoms. The number of hydrogen-bond donors (Lipinski definition) is 0. The summed E-state index contributed by atoms with van der Waals surface area (Å²) >= 11 is 0. The zero-order valence-electron chi connectivity index (χ0n) is 17.7. The largest absolute Gasteiger partial charge is 0.416 e. The molecule has 0 aromatic heterocycles. The summed E-state index contributed by atoms with van der Waals surface area (Å²) < 4.78 is 78.8. The molecule has 0 heterocycles. The van der Waals surface area contributed by atoms with Gasteiger partial charge in [-0.3, -0.25) is 4.79 Å². The Morgan fingerprint density at radius 2 is 1.21 bits per heavy atom. The molecule has 3 aromatic rings. The van der Waals surface area contributed by atoms with Crippen molar-refractivity contribution < 1.29 is 31.1 Å². The lowest BCUT2D eigenvalue weighted by molar-refractivity contribution is -0.143. The van der Waals surface area contributed by atoms with E-state index in [0.29, 0.717) is 23.5 Å². The molecular formula is C24H20F6N2O. The van der Waals surface area contributed by atoms with Crippen LogP contribution in [0.2, 0.25) is 0 Å². The minimum atomic E-state index is -4.98. The van der Waals surface area contributed by atoms with E-state index in [4.69, 9.17) is 0 Å². The Morgan fingerprint density at radius 1 is 0.727 bits per heavy atom. The van der Waals surface area contributed by atoms with Crippen molar-refractivity contribution >= 4 is 23.0 Å². The molecule has 3 aromatic carbocycles. The van der Waals surface area contributed by atoms with Crippen molar-refractivity contribution in [1.82, 2.24) is 0 Å². The number of anilines is 3. The van der Waals surface area contributed by atoms with E-state index in [9.17, 15) is 31.1 Å². The normalized spacial score (nSPS) is 11.9. The first kappa shape index (κ1) is 24.2. The fourth-order valence-electron chi connectivity index (χ4n) is 3.37. The van der Waals surface area contributed by atoms with Gasteiger partial charge < -0.3 is 9.80 Å². The highest BCUT2D eigenvalue weighted by Gasteiger charge is 2.37. The lowest BCUT2D eigenvalue weighted by Crippen LogP contribution is -2.29. The molecule has 0 radical (unpaired) electrons. The van der Waals surface area contributed by atoms with E-state index in [-0.39, 0.29) is 11.6 Å².